The van der Waals surface area contributed by atoms with E-state index in [1.165, 1.54) is 12.3 Å². The maximum atomic E-state index is 11.7. The zero-order valence-corrected chi connectivity index (χ0v) is 12.7. The van der Waals surface area contributed by atoms with Gasteiger partial charge in [-0.2, -0.15) is 0 Å². The van der Waals surface area contributed by atoms with E-state index in [0.29, 0.717) is 20.4 Å². The van der Waals surface area contributed by atoms with E-state index >= 15 is 0 Å². The van der Waals surface area contributed by atoms with Crippen molar-refractivity contribution in [1.29, 1.82) is 0 Å². The molecule has 0 radical (unpaired) electrons. The highest BCUT2D eigenvalue weighted by Crippen LogP contribution is 2.35. The molecule has 0 aliphatic rings. The van der Waals surface area contributed by atoms with Gasteiger partial charge in [0.2, 0.25) is 5.91 Å². The van der Waals surface area contributed by atoms with Crippen LogP contribution in [0, 0.1) is 0 Å². The van der Waals surface area contributed by atoms with Gasteiger partial charge >= 0.3 is 0 Å². The average molecular weight is 387 g/mol. The molecule has 0 unspecified atom stereocenters. The number of rotatable bonds is 3. The van der Waals surface area contributed by atoms with Crippen LogP contribution in [0.15, 0.2) is 50.0 Å². The van der Waals surface area contributed by atoms with Gasteiger partial charge in [-0.1, -0.05) is 0 Å². The van der Waals surface area contributed by atoms with Gasteiger partial charge in [-0.05, 0) is 62.2 Å². The molecule has 19 heavy (non-hydrogen) atoms. The van der Waals surface area contributed by atoms with Crippen molar-refractivity contribution in [2.24, 2.45) is 0 Å². The summed E-state index contributed by atoms with van der Waals surface area (Å²) in [6, 6.07) is 6.71. The second kappa shape index (κ2) is 6.08. The first-order valence-corrected chi connectivity index (χ1v) is 6.85. The van der Waals surface area contributed by atoms with E-state index in [1.54, 1.807) is 30.3 Å². The van der Waals surface area contributed by atoms with E-state index < -0.39 is 0 Å². The molecule has 2 rings (SSSR count). The molecule has 98 valence electrons. The molecule has 0 saturated carbocycles. The van der Waals surface area contributed by atoms with Crippen LogP contribution in [0.3, 0.4) is 0 Å². The fraction of sp³-hybridized carbons (Fsp3) is 0. The molecule has 1 amide bonds. The fourth-order valence-corrected chi connectivity index (χ4v) is 2.55. The minimum atomic E-state index is -0.291. The summed E-state index contributed by atoms with van der Waals surface area (Å²) in [5, 5.41) is 12.2. The first-order valence-electron chi connectivity index (χ1n) is 5.27. The van der Waals surface area contributed by atoms with Gasteiger partial charge in [-0.25, -0.2) is 0 Å². The van der Waals surface area contributed by atoms with Crippen LogP contribution in [0.25, 0.3) is 6.08 Å². The van der Waals surface area contributed by atoms with Crippen molar-refractivity contribution < 1.29 is 14.3 Å². The number of hydrogen-bond acceptors (Lipinski definition) is 3. The predicted octanol–water partition coefficient (Wildman–Crippen LogP) is 4.16. The van der Waals surface area contributed by atoms with Crippen LogP contribution in [-0.4, -0.2) is 11.0 Å². The highest BCUT2D eigenvalue weighted by atomic mass is 79.9. The summed E-state index contributed by atoms with van der Waals surface area (Å²) in [7, 11) is 0. The zero-order valence-electron chi connectivity index (χ0n) is 9.56. The van der Waals surface area contributed by atoms with Crippen molar-refractivity contribution in [2.45, 2.75) is 0 Å². The number of furan rings is 1. The maximum Gasteiger partial charge on any atom is 0.248 e. The quantitative estimate of drug-likeness (QED) is 0.614. The van der Waals surface area contributed by atoms with Crippen molar-refractivity contribution in [3.8, 4) is 5.75 Å². The van der Waals surface area contributed by atoms with Crippen LogP contribution in [0.1, 0.15) is 5.76 Å². The molecule has 0 aliphatic carbocycles. The summed E-state index contributed by atoms with van der Waals surface area (Å²) >= 11 is 6.39. The highest BCUT2D eigenvalue weighted by molar-refractivity contribution is 9.11. The lowest BCUT2D eigenvalue weighted by molar-refractivity contribution is -0.111. The standard InChI is InChI=1S/C13H9Br2NO3/c14-10-6-8(7-11(15)13(10)18)16-12(17)4-3-9-2-1-5-19-9/h1-7,18H,(H,16,17)/b4-3+. The Morgan fingerprint density at radius 1 is 1.32 bits per heavy atom. The minimum Gasteiger partial charge on any atom is -0.506 e. The second-order valence-corrected chi connectivity index (χ2v) is 5.34. The van der Waals surface area contributed by atoms with Gasteiger partial charge in [0, 0.05) is 11.8 Å². The summed E-state index contributed by atoms with van der Waals surface area (Å²) in [6.45, 7) is 0. The topological polar surface area (TPSA) is 62.5 Å². The smallest absolute Gasteiger partial charge is 0.248 e. The largest absolute Gasteiger partial charge is 0.506 e. The second-order valence-electron chi connectivity index (χ2n) is 3.63. The van der Waals surface area contributed by atoms with Crippen molar-refractivity contribution in [2.75, 3.05) is 5.32 Å². The molecule has 1 heterocycles. The number of phenols is 1. The van der Waals surface area contributed by atoms with E-state index in [4.69, 9.17) is 4.42 Å². The lowest BCUT2D eigenvalue weighted by atomic mass is 10.3. The molecule has 0 aliphatic heterocycles. The lowest BCUT2D eigenvalue weighted by Gasteiger charge is -2.06. The Labute approximate surface area is 126 Å². The van der Waals surface area contributed by atoms with E-state index in [9.17, 15) is 9.90 Å². The number of carbonyl (C=O) groups is 1. The summed E-state index contributed by atoms with van der Waals surface area (Å²) in [4.78, 5) is 11.7. The van der Waals surface area contributed by atoms with E-state index in [1.807, 2.05) is 0 Å². The minimum absolute atomic E-state index is 0.0872. The van der Waals surface area contributed by atoms with Gasteiger partial charge in [-0.3, -0.25) is 4.79 Å². The van der Waals surface area contributed by atoms with Gasteiger partial charge in [0.05, 0.1) is 15.2 Å². The SMILES string of the molecule is O=C(/C=C/c1ccco1)Nc1cc(Br)c(O)c(Br)c1. The van der Waals surface area contributed by atoms with Gasteiger partial charge in [0.1, 0.15) is 11.5 Å². The number of anilines is 1. The number of benzene rings is 1. The van der Waals surface area contributed by atoms with Gasteiger partial charge in [-0.15, -0.1) is 0 Å². The summed E-state index contributed by atoms with van der Waals surface area (Å²) in [5.74, 6) is 0.397. The highest BCUT2D eigenvalue weighted by Gasteiger charge is 2.07. The number of amides is 1. The fourth-order valence-electron chi connectivity index (χ4n) is 1.37. The molecule has 6 heteroatoms. The van der Waals surface area contributed by atoms with Crippen molar-refractivity contribution in [3.05, 3.63) is 51.3 Å². The number of nitrogens with one attached hydrogen (secondary N) is 1. The Kier molecular flexibility index (Phi) is 4.44. The third kappa shape index (κ3) is 3.71. The third-order valence-corrected chi connectivity index (χ3v) is 3.44. The van der Waals surface area contributed by atoms with Crippen molar-refractivity contribution in [1.82, 2.24) is 0 Å². The molecule has 2 aromatic rings. The Bertz CT molecular complexity index is 598. The molecule has 2 N–H and O–H groups in total. The Morgan fingerprint density at radius 3 is 2.58 bits per heavy atom. The molecule has 1 aromatic heterocycles. The predicted molar refractivity (Wildman–Crippen MR) is 79.9 cm³/mol. The zero-order chi connectivity index (χ0) is 13.8. The third-order valence-electron chi connectivity index (χ3n) is 2.23. The van der Waals surface area contributed by atoms with Crippen LogP contribution >= 0.6 is 31.9 Å². The number of halogens is 2. The van der Waals surface area contributed by atoms with Crippen LogP contribution in [-0.2, 0) is 4.79 Å². The summed E-state index contributed by atoms with van der Waals surface area (Å²) in [6.07, 6.45) is 4.47. The van der Waals surface area contributed by atoms with Crippen LogP contribution in [0.5, 0.6) is 5.75 Å². The van der Waals surface area contributed by atoms with E-state index in [0.717, 1.165) is 0 Å². The monoisotopic (exact) mass is 385 g/mol. The Morgan fingerprint density at radius 2 is 2.00 bits per heavy atom. The Hall–Kier alpha value is -1.53. The van der Waals surface area contributed by atoms with Gasteiger partial charge in [0.25, 0.3) is 0 Å². The van der Waals surface area contributed by atoms with Crippen LogP contribution in [0.4, 0.5) is 5.69 Å². The van der Waals surface area contributed by atoms with Crippen molar-refractivity contribution >= 4 is 49.5 Å². The van der Waals surface area contributed by atoms with Crippen LogP contribution in [0.2, 0.25) is 0 Å². The lowest BCUT2D eigenvalue weighted by Crippen LogP contribution is -2.07. The first kappa shape index (κ1) is 13.9. The Balaban J connectivity index is 2.07. The van der Waals surface area contributed by atoms with Gasteiger partial charge in [0.15, 0.2) is 0 Å². The molecule has 0 atom stereocenters. The molecular formula is C13H9Br2NO3. The number of hydrogen-bond donors (Lipinski definition) is 2. The van der Waals surface area contributed by atoms with Crippen LogP contribution < -0.4 is 5.32 Å². The van der Waals surface area contributed by atoms with Gasteiger partial charge < -0.3 is 14.8 Å². The summed E-state index contributed by atoms with van der Waals surface area (Å²) in [5.41, 5.74) is 0.561. The van der Waals surface area contributed by atoms with E-state index in [2.05, 4.69) is 37.2 Å². The molecule has 0 fully saturated rings. The number of phenolic OH excluding ortho intramolecular Hbond substituents is 1. The van der Waals surface area contributed by atoms with Crippen molar-refractivity contribution in [3.63, 3.8) is 0 Å². The maximum absolute atomic E-state index is 11.7. The molecule has 0 saturated heterocycles. The normalized spacial score (nSPS) is 10.8. The molecule has 0 bridgehead atoms. The summed E-state index contributed by atoms with van der Waals surface area (Å²) < 4.78 is 6.06. The molecule has 4 nitrogen and oxygen atoms in total. The molecule has 0 spiro atoms. The van der Waals surface area contributed by atoms with E-state index in [-0.39, 0.29) is 11.7 Å². The first-order chi connectivity index (χ1) is 9.06. The number of carbonyl (C=O) groups excluding carboxylic acids is 1. The number of aromatic hydroxyl groups is 1. The molecule has 1 aromatic carbocycles. The molecular weight excluding hydrogens is 378 g/mol. The average Bonchev–Trinajstić information content (AvgIpc) is 2.86.